The van der Waals surface area contributed by atoms with Crippen LogP contribution in [-0.4, -0.2) is 30.4 Å². The maximum atomic E-state index is 11.3. The van der Waals surface area contributed by atoms with Crippen molar-refractivity contribution >= 4 is 5.97 Å². The fourth-order valence-electron chi connectivity index (χ4n) is 1.41. The standard InChI is InChI=1S/C13H18O4/c1-10(2)17-13(15)9-16-12-6-4-3-5-11(12)7-8-14/h3-6,10,14H,7-9H2,1-2H3. The molecule has 0 atom stereocenters. The lowest BCUT2D eigenvalue weighted by molar-refractivity contribution is -0.149. The smallest absolute Gasteiger partial charge is 0.344 e. The number of benzene rings is 1. The Hall–Kier alpha value is -1.55. The molecule has 0 amide bonds. The molecule has 0 spiro atoms. The highest BCUT2D eigenvalue weighted by Crippen LogP contribution is 2.18. The van der Waals surface area contributed by atoms with Gasteiger partial charge in [0.25, 0.3) is 0 Å². The van der Waals surface area contributed by atoms with Gasteiger partial charge in [-0.15, -0.1) is 0 Å². The van der Waals surface area contributed by atoms with E-state index in [-0.39, 0.29) is 25.3 Å². The van der Waals surface area contributed by atoms with Gasteiger partial charge in [-0.2, -0.15) is 0 Å². The summed E-state index contributed by atoms with van der Waals surface area (Å²) in [6.07, 6.45) is 0.369. The largest absolute Gasteiger partial charge is 0.482 e. The van der Waals surface area contributed by atoms with Crippen molar-refractivity contribution in [2.45, 2.75) is 26.4 Å². The molecule has 4 heteroatoms. The lowest BCUT2D eigenvalue weighted by atomic mass is 10.1. The van der Waals surface area contributed by atoms with E-state index in [1.165, 1.54) is 0 Å². The lowest BCUT2D eigenvalue weighted by Crippen LogP contribution is -2.19. The average molecular weight is 238 g/mol. The molecule has 0 aromatic heterocycles. The van der Waals surface area contributed by atoms with Gasteiger partial charge in [0.2, 0.25) is 0 Å². The molecule has 94 valence electrons. The van der Waals surface area contributed by atoms with Gasteiger partial charge in [-0.25, -0.2) is 4.79 Å². The fraction of sp³-hybridized carbons (Fsp3) is 0.462. The Morgan fingerprint density at radius 3 is 2.71 bits per heavy atom. The van der Waals surface area contributed by atoms with Crippen LogP contribution in [0.15, 0.2) is 24.3 Å². The molecule has 1 aromatic rings. The van der Waals surface area contributed by atoms with Crippen molar-refractivity contribution in [2.75, 3.05) is 13.2 Å². The summed E-state index contributed by atoms with van der Waals surface area (Å²) in [7, 11) is 0. The summed E-state index contributed by atoms with van der Waals surface area (Å²) in [5.74, 6) is 0.223. The molecule has 1 aromatic carbocycles. The van der Waals surface area contributed by atoms with Crippen LogP contribution in [0.4, 0.5) is 0 Å². The molecule has 0 radical (unpaired) electrons. The van der Waals surface area contributed by atoms with E-state index in [1.54, 1.807) is 19.9 Å². The van der Waals surface area contributed by atoms with Crippen LogP contribution in [0.1, 0.15) is 19.4 Å². The van der Waals surface area contributed by atoms with Crippen LogP contribution < -0.4 is 4.74 Å². The van der Waals surface area contributed by atoms with E-state index < -0.39 is 0 Å². The summed E-state index contributed by atoms with van der Waals surface area (Å²) in [6, 6.07) is 7.32. The van der Waals surface area contributed by atoms with Crippen LogP contribution >= 0.6 is 0 Å². The van der Waals surface area contributed by atoms with Crippen LogP contribution in [0, 0.1) is 0 Å². The zero-order valence-corrected chi connectivity index (χ0v) is 10.2. The van der Waals surface area contributed by atoms with Gasteiger partial charge in [0.1, 0.15) is 5.75 Å². The molecule has 0 aliphatic rings. The van der Waals surface area contributed by atoms with Gasteiger partial charge in [0, 0.05) is 6.61 Å². The zero-order valence-electron chi connectivity index (χ0n) is 10.2. The minimum absolute atomic E-state index is 0.0524. The second-order valence-electron chi connectivity index (χ2n) is 3.91. The van der Waals surface area contributed by atoms with Crippen molar-refractivity contribution in [1.29, 1.82) is 0 Å². The number of aliphatic hydroxyl groups is 1. The van der Waals surface area contributed by atoms with Crippen molar-refractivity contribution in [3.63, 3.8) is 0 Å². The summed E-state index contributed by atoms with van der Waals surface area (Å²) < 4.78 is 10.3. The fourth-order valence-corrected chi connectivity index (χ4v) is 1.41. The average Bonchev–Trinajstić information content (AvgIpc) is 2.27. The number of carbonyl (C=O) groups is 1. The van der Waals surface area contributed by atoms with Crippen LogP contribution in [0.5, 0.6) is 5.75 Å². The summed E-state index contributed by atoms with van der Waals surface area (Å²) in [5, 5.41) is 8.89. The van der Waals surface area contributed by atoms with Crippen LogP contribution in [0.2, 0.25) is 0 Å². The van der Waals surface area contributed by atoms with Crippen molar-refractivity contribution in [3.05, 3.63) is 29.8 Å². The van der Waals surface area contributed by atoms with Gasteiger partial charge in [-0.05, 0) is 31.9 Å². The van der Waals surface area contributed by atoms with Gasteiger partial charge >= 0.3 is 5.97 Å². The zero-order chi connectivity index (χ0) is 12.7. The molecule has 0 unspecified atom stereocenters. The third kappa shape index (κ3) is 4.87. The number of hydrogen-bond acceptors (Lipinski definition) is 4. The molecule has 4 nitrogen and oxygen atoms in total. The third-order valence-electron chi connectivity index (χ3n) is 2.07. The normalized spacial score (nSPS) is 10.4. The molecular formula is C13H18O4. The van der Waals surface area contributed by atoms with Crippen molar-refractivity contribution in [2.24, 2.45) is 0 Å². The molecule has 0 aliphatic heterocycles. The molecule has 0 bridgehead atoms. The van der Waals surface area contributed by atoms with Crippen LogP contribution in [0.25, 0.3) is 0 Å². The minimum atomic E-state index is -0.390. The summed E-state index contributed by atoms with van der Waals surface area (Å²) >= 11 is 0. The molecular weight excluding hydrogens is 220 g/mol. The number of rotatable bonds is 6. The van der Waals surface area contributed by atoms with E-state index in [2.05, 4.69) is 0 Å². The lowest BCUT2D eigenvalue weighted by Gasteiger charge is -2.11. The number of esters is 1. The van der Waals surface area contributed by atoms with Gasteiger partial charge in [-0.1, -0.05) is 18.2 Å². The number of aliphatic hydroxyl groups excluding tert-OH is 1. The number of para-hydroxylation sites is 1. The van der Waals surface area contributed by atoms with E-state index >= 15 is 0 Å². The monoisotopic (exact) mass is 238 g/mol. The van der Waals surface area contributed by atoms with Crippen LogP contribution in [-0.2, 0) is 16.0 Å². The van der Waals surface area contributed by atoms with Crippen LogP contribution in [0.3, 0.4) is 0 Å². The summed E-state index contributed by atoms with van der Waals surface area (Å²) in [5.41, 5.74) is 0.882. The Balaban J connectivity index is 2.53. The van der Waals surface area contributed by atoms with E-state index in [0.717, 1.165) is 5.56 Å². The highest BCUT2D eigenvalue weighted by Gasteiger charge is 2.08. The molecule has 1 rings (SSSR count). The summed E-state index contributed by atoms with van der Waals surface area (Å²) in [4.78, 5) is 11.3. The number of ether oxygens (including phenoxy) is 2. The first-order valence-electron chi connectivity index (χ1n) is 5.64. The van der Waals surface area contributed by atoms with Gasteiger partial charge in [-0.3, -0.25) is 0 Å². The van der Waals surface area contributed by atoms with Crippen molar-refractivity contribution in [1.82, 2.24) is 0 Å². The first-order valence-corrected chi connectivity index (χ1v) is 5.64. The highest BCUT2D eigenvalue weighted by molar-refractivity contribution is 5.71. The maximum absolute atomic E-state index is 11.3. The molecule has 0 saturated carbocycles. The SMILES string of the molecule is CC(C)OC(=O)COc1ccccc1CCO. The Labute approximate surface area is 101 Å². The topological polar surface area (TPSA) is 55.8 Å². The first kappa shape index (κ1) is 13.5. The Bertz CT molecular complexity index is 360. The molecule has 0 aliphatic carbocycles. The van der Waals surface area contributed by atoms with E-state index in [1.807, 2.05) is 18.2 Å². The van der Waals surface area contributed by atoms with Gasteiger partial charge < -0.3 is 14.6 Å². The summed E-state index contributed by atoms with van der Waals surface area (Å²) in [6.45, 7) is 3.52. The first-order chi connectivity index (χ1) is 8.13. The Morgan fingerprint density at radius 2 is 2.06 bits per heavy atom. The van der Waals surface area contributed by atoms with Gasteiger partial charge in [0.15, 0.2) is 6.61 Å². The van der Waals surface area contributed by atoms with E-state index in [4.69, 9.17) is 14.6 Å². The second kappa shape index (κ2) is 6.91. The van der Waals surface area contributed by atoms with Gasteiger partial charge in [0.05, 0.1) is 6.10 Å². The molecule has 1 N–H and O–H groups in total. The van der Waals surface area contributed by atoms with Crippen molar-refractivity contribution in [3.8, 4) is 5.75 Å². The number of hydrogen-bond donors (Lipinski definition) is 1. The van der Waals surface area contributed by atoms with Crippen molar-refractivity contribution < 1.29 is 19.4 Å². The Kier molecular flexibility index (Phi) is 5.49. The number of carbonyl (C=O) groups excluding carboxylic acids is 1. The maximum Gasteiger partial charge on any atom is 0.344 e. The molecule has 0 heterocycles. The second-order valence-corrected chi connectivity index (χ2v) is 3.91. The van der Waals surface area contributed by atoms with E-state index in [0.29, 0.717) is 12.2 Å². The minimum Gasteiger partial charge on any atom is -0.482 e. The highest BCUT2D eigenvalue weighted by atomic mass is 16.6. The molecule has 0 fully saturated rings. The Morgan fingerprint density at radius 1 is 1.35 bits per heavy atom. The predicted octanol–water partition coefficient (Wildman–Crippen LogP) is 1.55. The van der Waals surface area contributed by atoms with E-state index in [9.17, 15) is 4.79 Å². The molecule has 17 heavy (non-hydrogen) atoms. The third-order valence-corrected chi connectivity index (χ3v) is 2.07. The predicted molar refractivity (Wildman–Crippen MR) is 64.0 cm³/mol. The molecule has 0 saturated heterocycles. The quantitative estimate of drug-likeness (QED) is 0.764.